The molecule has 1 aliphatic carbocycles. The van der Waals surface area contributed by atoms with Crippen LogP contribution in [0.2, 0.25) is 0 Å². The molecule has 6 nitrogen and oxygen atoms in total. The van der Waals surface area contributed by atoms with E-state index in [1.165, 1.54) is 0 Å². The summed E-state index contributed by atoms with van der Waals surface area (Å²) in [4.78, 5) is 31.3. The predicted molar refractivity (Wildman–Crippen MR) is 93.2 cm³/mol. The van der Waals surface area contributed by atoms with Gasteiger partial charge in [0.15, 0.2) is 6.10 Å². The molecule has 4 rings (SSSR count). The highest BCUT2D eigenvalue weighted by molar-refractivity contribution is 6.08. The number of hydrogen-bond donors (Lipinski definition) is 1. The number of pyridine rings is 1. The Bertz CT molecular complexity index is 849. The smallest absolute Gasteiger partial charge is 0.255 e. The molecular formula is C19H21N3O3. The molecule has 1 aromatic carbocycles. The third-order valence-corrected chi connectivity index (χ3v) is 5.05. The van der Waals surface area contributed by atoms with Crippen molar-refractivity contribution in [3.05, 3.63) is 41.1 Å². The maximum Gasteiger partial charge on any atom is 0.255 e. The molecule has 1 saturated heterocycles. The molecule has 6 heteroatoms. The molecule has 0 radical (unpaired) electrons. The number of ether oxygens (including phenoxy) is 1. The van der Waals surface area contributed by atoms with Crippen LogP contribution in [0.1, 0.15) is 34.5 Å². The zero-order chi connectivity index (χ0) is 17.4. The Morgan fingerprint density at radius 1 is 1.20 bits per heavy atom. The molecule has 2 aliphatic rings. The van der Waals surface area contributed by atoms with Crippen molar-refractivity contribution in [2.75, 3.05) is 19.7 Å². The van der Waals surface area contributed by atoms with Crippen LogP contribution in [0, 0.1) is 0 Å². The van der Waals surface area contributed by atoms with E-state index >= 15 is 0 Å². The van der Waals surface area contributed by atoms with E-state index in [0.717, 1.165) is 53.4 Å². The van der Waals surface area contributed by atoms with E-state index in [0.29, 0.717) is 13.2 Å². The van der Waals surface area contributed by atoms with Crippen LogP contribution in [-0.4, -0.2) is 47.5 Å². The minimum Gasteiger partial charge on any atom is -0.367 e. The second-order valence-electron chi connectivity index (χ2n) is 6.65. The Morgan fingerprint density at radius 2 is 2.00 bits per heavy atom. The topological polar surface area (TPSA) is 85.5 Å². The van der Waals surface area contributed by atoms with Crippen molar-refractivity contribution in [3.8, 4) is 0 Å². The Labute approximate surface area is 146 Å². The number of carbonyl (C=O) groups excluding carboxylic acids is 2. The van der Waals surface area contributed by atoms with E-state index in [-0.39, 0.29) is 12.5 Å². The number of fused-ring (bicyclic) bond motifs is 2. The number of primary amides is 1. The van der Waals surface area contributed by atoms with Gasteiger partial charge in [-0.25, -0.2) is 0 Å². The fourth-order valence-electron chi connectivity index (χ4n) is 3.78. The van der Waals surface area contributed by atoms with E-state index < -0.39 is 12.0 Å². The van der Waals surface area contributed by atoms with Crippen molar-refractivity contribution in [2.24, 2.45) is 5.73 Å². The van der Waals surface area contributed by atoms with Gasteiger partial charge in [-0.2, -0.15) is 0 Å². The van der Waals surface area contributed by atoms with Crippen LogP contribution in [0.25, 0.3) is 10.9 Å². The van der Waals surface area contributed by atoms with Gasteiger partial charge in [-0.05, 0) is 37.3 Å². The van der Waals surface area contributed by atoms with Crippen molar-refractivity contribution >= 4 is 22.7 Å². The second kappa shape index (κ2) is 6.44. The fraction of sp³-hybridized carbons (Fsp3) is 0.421. The van der Waals surface area contributed by atoms with Gasteiger partial charge in [-0.15, -0.1) is 0 Å². The summed E-state index contributed by atoms with van der Waals surface area (Å²) in [6, 6.07) is 7.78. The second-order valence-corrected chi connectivity index (χ2v) is 6.65. The number of aryl methyl sites for hydroxylation is 1. The zero-order valence-electron chi connectivity index (χ0n) is 14.0. The molecule has 0 saturated carbocycles. The number of benzene rings is 1. The standard InChI is InChI=1S/C19H21N3O3/c20-18(23)16-11-22(9-10-25-16)19(24)17-12-5-1-3-7-14(12)21-15-8-4-2-6-13(15)17/h1,3,5,7,16H,2,4,6,8-11H2,(H2,20,23)/t16-/m1/s1. The molecule has 2 N–H and O–H groups in total. The molecule has 2 aromatic rings. The van der Waals surface area contributed by atoms with Gasteiger partial charge in [-0.1, -0.05) is 18.2 Å². The Kier molecular flexibility index (Phi) is 4.13. The van der Waals surface area contributed by atoms with Crippen LogP contribution >= 0.6 is 0 Å². The van der Waals surface area contributed by atoms with Crippen LogP contribution in [0.5, 0.6) is 0 Å². The van der Waals surface area contributed by atoms with Gasteiger partial charge in [0, 0.05) is 17.6 Å². The molecule has 0 spiro atoms. The lowest BCUT2D eigenvalue weighted by Crippen LogP contribution is -2.50. The Balaban J connectivity index is 1.79. The van der Waals surface area contributed by atoms with Crippen LogP contribution in [0.15, 0.2) is 24.3 Å². The highest BCUT2D eigenvalue weighted by Crippen LogP contribution is 2.30. The number of nitrogens with zero attached hydrogens (tertiary/aromatic N) is 2. The average molecular weight is 339 g/mol. The fourth-order valence-corrected chi connectivity index (χ4v) is 3.78. The van der Waals surface area contributed by atoms with Crippen molar-refractivity contribution in [2.45, 2.75) is 31.8 Å². The first kappa shape index (κ1) is 16.0. The average Bonchev–Trinajstić information content (AvgIpc) is 2.65. The molecule has 1 aromatic heterocycles. The number of morpholine rings is 1. The number of hydrogen-bond acceptors (Lipinski definition) is 4. The summed E-state index contributed by atoms with van der Waals surface area (Å²) in [5.74, 6) is -0.578. The first-order chi connectivity index (χ1) is 12.1. The van der Waals surface area contributed by atoms with Gasteiger partial charge >= 0.3 is 0 Å². The minimum absolute atomic E-state index is 0.0497. The van der Waals surface area contributed by atoms with Gasteiger partial charge in [0.25, 0.3) is 5.91 Å². The summed E-state index contributed by atoms with van der Waals surface area (Å²) < 4.78 is 5.38. The van der Waals surface area contributed by atoms with E-state index in [4.69, 9.17) is 15.5 Å². The summed E-state index contributed by atoms with van der Waals surface area (Å²) >= 11 is 0. The largest absolute Gasteiger partial charge is 0.367 e. The minimum atomic E-state index is -0.735. The number of aromatic nitrogens is 1. The number of para-hydroxylation sites is 1. The van der Waals surface area contributed by atoms with Crippen molar-refractivity contribution in [1.82, 2.24) is 9.88 Å². The van der Waals surface area contributed by atoms with Gasteiger partial charge < -0.3 is 15.4 Å². The van der Waals surface area contributed by atoms with E-state index in [9.17, 15) is 9.59 Å². The predicted octanol–water partition coefficient (Wildman–Crippen LogP) is 1.44. The molecule has 130 valence electrons. The number of amides is 2. The summed E-state index contributed by atoms with van der Waals surface area (Å²) in [6.07, 6.45) is 3.22. The van der Waals surface area contributed by atoms with Crippen LogP contribution in [0.4, 0.5) is 0 Å². The van der Waals surface area contributed by atoms with Gasteiger partial charge in [0.05, 0.1) is 24.2 Å². The lowest BCUT2D eigenvalue weighted by Gasteiger charge is -2.32. The lowest BCUT2D eigenvalue weighted by atomic mass is 9.89. The molecule has 2 heterocycles. The van der Waals surface area contributed by atoms with Crippen LogP contribution in [-0.2, 0) is 22.4 Å². The summed E-state index contributed by atoms with van der Waals surface area (Å²) in [5.41, 5.74) is 9.05. The molecule has 2 amide bonds. The highest BCUT2D eigenvalue weighted by Gasteiger charge is 2.31. The third kappa shape index (κ3) is 2.87. The Morgan fingerprint density at radius 3 is 2.84 bits per heavy atom. The normalized spacial score (nSPS) is 20.3. The van der Waals surface area contributed by atoms with E-state index in [1.807, 2.05) is 24.3 Å². The molecule has 1 aliphatic heterocycles. The maximum atomic E-state index is 13.3. The quantitative estimate of drug-likeness (QED) is 0.897. The van der Waals surface area contributed by atoms with Crippen LogP contribution < -0.4 is 5.73 Å². The zero-order valence-corrected chi connectivity index (χ0v) is 14.0. The van der Waals surface area contributed by atoms with Gasteiger partial charge in [0.1, 0.15) is 0 Å². The number of carbonyl (C=O) groups is 2. The Hall–Kier alpha value is -2.47. The number of nitrogens with two attached hydrogens (primary N) is 1. The third-order valence-electron chi connectivity index (χ3n) is 5.05. The number of rotatable bonds is 2. The SMILES string of the molecule is NC(=O)[C@H]1CN(C(=O)c2c3c(nc4ccccc24)CCCC3)CCO1. The molecule has 0 bridgehead atoms. The van der Waals surface area contributed by atoms with Gasteiger partial charge in [-0.3, -0.25) is 14.6 Å². The van der Waals surface area contributed by atoms with E-state index in [1.54, 1.807) is 4.90 Å². The monoisotopic (exact) mass is 339 g/mol. The van der Waals surface area contributed by atoms with Crippen molar-refractivity contribution < 1.29 is 14.3 Å². The molecule has 1 fully saturated rings. The summed E-state index contributed by atoms with van der Waals surface area (Å²) in [5, 5.41) is 0.885. The first-order valence-corrected chi connectivity index (χ1v) is 8.76. The lowest BCUT2D eigenvalue weighted by molar-refractivity contribution is -0.133. The van der Waals surface area contributed by atoms with Crippen molar-refractivity contribution in [3.63, 3.8) is 0 Å². The van der Waals surface area contributed by atoms with Gasteiger partial charge in [0.2, 0.25) is 5.91 Å². The highest BCUT2D eigenvalue weighted by atomic mass is 16.5. The maximum absolute atomic E-state index is 13.3. The summed E-state index contributed by atoms with van der Waals surface area (Å²) in [7, 11) is 0. The van der Waals surface area contributed by atoms with Crippen molar-refractivity contribution in [1.29, 1.82) is 0 Å². The molecule has 1 atom stereocenters. The van der Waals surface area contributed by atoms with Crippen LogP contribution in [0.3, 0.4) is 0 Å². The molecular weight excluding hydrogens is 318 g/mol. The first-order valence-electron chi connectivity index (χ1n) is 8.76. The van der Waals surface area contributed by atoms with E-state index in [2.05, 4.69) is 0 Å². The summed E-state index contributed by atoms with van der Waals surface area (Å²) in [6.45, 7) is 0.998. The molecule has 0 unspecified atom stereocenters. The molecule has 25 heavy (non-hydrogen) atoms.